The standard InChI is InChI=1S/C14H27O8.C13H24O12S.I3.HI/c1-2-8(16)12(20)14(22)13(21)10(18)4-6-3-9(17)11(19)7(6)5-15;14-3-6-5(1-7(16)10(6)19)2-8(17)13(25-26(22,23)24)12(21)11(20)9(18)4-15;1-3-2;/h7-22H,2-5H2,1H3;6-21H,1-4H2;;1H/q+1;;-1;/p+1/t7-,8?,9+,10+,11+,12?,13?,14+;6-,7+,8+,9?,10+,11?,12+,13?;;/m00../s1. The maximum absolute atomic E-state index is 11.0. The molecule has 0 aromatic rings. The number of aliphatic hydroxyl groups is 16. The van der Waals surface area contributed by atoms with Crippen molar-refractivity contribution in [3.63, 3.8) is 0 Å². The Labute approximate surface area is 348 Å². The summed E-state index contributed by atoms with van der Waals surface area (Å²) >= 11 is 5.30. The number of hydrogen-bond acceptors (Lipinski definition) is 19. The molecule has 17 N–H and O–H groups in total. The van der Waals surface area contributed by atoms with Crippen LogP contribution in [0.5, 0.6) is 0 Å². The minimum absolute atomic E-state index is 0. The first-order chi connectivity index (χ1) is 23.6. The second-order valence-electron chi connectivity index (χ2n) is 12.2. The Kier molecular flexibility index (Phi) is 29.7. The second kappa shape index (κ2) is 27.6. The molecule has 2 saturated carbocycles. The van der Waals surface area contributed by atoms with E-state index >= 15 is 0 Å². The van der Waals surface area contributed by atoms with E-state index in [0.717, 1.165) is 0 Å². The van der Waals surface area contributed by atoms with Gasteiger partial charge in [0.15, 0.2) is 11.8 Å². The zero-order valence-electron chi connectivity index (χ0n) is 27.7. The monoisotopic (exact) mass is 1240 g/mol. The van der Waals surface area contributed by atoms with Gasteiger partial charge in [0.1, 0.15) is 117 Å². The maximum Gasteiger partial charge on any atom is 0.397 e. The van der Waals surface area contributed by atoms with Crippen molar-refractivity contribution in [2.24, 2.45) is 11.8 Å². The van der Waals surface area contributed by atoms with E-state index in [1.54, 1.807) is 6.92 Å². The molecule has 314 valence electrons. The van der Waals surface area contributed by atoms with Gasteiger partial charge in [0.25, 0.3) is 0 Å². The molecule has 0 heterocycles. The Morgan fingerprint density at radius 1 is 0.673 bits per heavy atom. The predicted molar refractivity (Wildman–Crippen MR) is 201 cm³/mol. The summed E-state index contributed by atoms with van der Waals surface area (Å²) < 4.78 is 34.9. The molecule has 0 aromatic heterocycles. The van der Waals surface area contributed by atoms with Gasteiger partial charge in [-0.3, -0.25) is 4.55 Å². The van der Waals surface area contributed by atoms with Crippen LogP contribution in [0.15, 0.2) is 0 Å². The third-order valence-corrected chi connectivity index (χ3v) is 9.19. The number of rotatable bonds is 18. The molecule has 0 spiro atoms. The van der Waals surface area contributed by atoms with Crippen LogP contribution in [0.25, 0.3) is 0 Å². The summed E-state index contributed by atoms with van der Waals surface area (Å²) in [7, 11) is -5.19. The van der Waals surface area contributed by atoms with Crippen molar-refractivity contribution in [2.75, 3.05) is 19.8 Å². The van der Waals surface area contributed by atoms with Crippen LogP contribution in [0.2, 0.25) is 0 Å². The van der Waals surface area contributed by atoms with Gasteiger partial charge in [-0.15, -0.1) is 24.0 Å². The molecule has 0 aliphatic heterocycles. The van der Waals surface area contributed by atoms with Gasteiger partial charge in [-0.05, 0) is 6.42 Å². The van der Waals surface area contributed by atoms with Gasteiger partial charge in [-0.2, -0.15) is 8.42 Å². The minimum Gasteiger partial charge on any atom is -0.394 e. The molecule has 2 aliphatic carbocycles. The zero-order valence-corrected chi connectivity index (χ0v) is 37.3. The largest absolute Gasteiger partial charge is 0.397 e. The molecule has 2 fully saturated rings. The summed E-state index contributed by atoms with van der Waals surface area (Å²) in [5.74, 6) is -0.906. The van der Waals surface area contributed by atoms with Crippen molar-refractivity contribution in [3.05, 3.63) is 11.8 Å². The summed E-state index contributed by atoms with van der Waals surface area (Å²) in [6.07, 6.45) is -23.2. The van der Waals surface area contributed by atoms with Crippen LogP contribution in [0.1, 0.15) is 39.0 Å². The fraction of sp³-hybridized carbons (Fsp3) is 0.926. The first-order valence-corrected chi connectivity index (χ1v) is 29.4. The topological polar surface area (TPSA) is 387 Å². The normalized spacial score (nSPS) is 29.2. The molecule has 6 unspecified atom stereocenters. The molecular formula is C27H53I4O20S+. The van der Waals surface area contributed by atoms with Crippen molar-refractivity contribution < 1.29 is 112 Å². The molecule has 2 aliphatic rings. The van der Waals surface area contributed by atoms with Gasteiger partial charge >= 0.3 is 60.9 Å². The van der Waals surface area contributed by atoms with Gasteiger partial charge < -0.3 is 81.7 Å². The van der Waals surface area contributed by atoms with Crippen LogP contribution in [0.4, 0.5) is 0 Å². The van der Waals surface area contributed by atoms with Crippen molar-refractivity contribution in [1.82, 2.24) is 0 Å². The van der Waals surface area contributed by atoms with Crippen LogP contribution < -0.4 is 13.3 Å². The predicted octanol–water partition coefficient (Wildman–Crippen LogP) is -8.40. The number of aliphatic hydroxyl groups excluding tert-OH is 16. The van der Waals surface area contributed by atoms with Crippen LogP contribution in [-0.4, -0.2) is 200 Å². The van der Waals surface area contributed by atoms with E-state index in [-0.39, 0.29) is 55.6 Å². The average Bonchev–Trinajstić information content (AvgIpc) is 3.51. The van der Waals surface area contributed by atoms with Crippen molar-refractivity contribution >= 4 is 71.6 Å². The summed E-state index contributed by atoms with van der Waals surface area (Å²) in [6.45, 7) is -0.379. The van der Waals surface area contributed by atoms with E-state index in [4.69, 9.17) is 9.66 Å². The zero-order chi connectivity index (χ0) is 40.0. The second-order valence-corrected chi connectivity index (χ2v) is 29.5. The Balaban J connectivity index is 0. The molecule has 2 rings (SSSR count). The van der Waals surface area contributed by atoms with Crippen LogP contribution >= 0.6 is 61.2 Å². The van der Waals surface area contributed by atoms with Crippen LogP contribution in [-0.2, 0) is 14.6 Å². The van der Waals surface area contributed by atoms with Gasteiger partial charge in [-0.1, -0.05) is 6.92 Å². The molecule has 0 bridgehead atoms. The van der Waals surface area contributed by atoms with Crippen molar-refractivity contribution in [1.29, 1.82) is 0 Å². The molecule has 25 heteroatoms. The summed E-state index contributed by atoms with van der Waals surface area (Å²) in [4.78, 5) is 0. The van der Waals surface area contributed by atoms with Gasteiger partial charge in [0.05, 0.1) is 25.9 Å². The maximum atomic E-state index is 11.0. The SMILES string of the molecule is CCC(O)C(O)[C@@H](O)C(O)[C@H](O)C[C+]1C[C@@H](O)[C@H](O)[C@H]1CO.I.I[I-]I.O=S(=O)(O)OC([C@H](O)C(O)C(O)CO)[C@H](O)C[C+]1C[C@@H](O)[C@H](O)[C@H]1CO. The van der Waals surface area contributed by atoms with Gasteiger partial charge in [0, 0.05) is 0 Å². The quantitative estimate of drug-likeness (QED) is 0.0344. The Morgan fingerprint density at radius 2 is 1.04 bits per heavy atom. The summed E-state index contributed by atoms with van der Waals surface area (Å²) in [6, 6.07) is 0. The van der Waals surface area contributed by atoms with E-state index in [1.165, 1.54) is 0 Å². The summed E-state index contributed by atoms with van der Waals surface area (Å²) in [5, 5.41) is 154. The molecule has 20 nitrogen and oxygen atoms in total. The third kappa shape index (κ3) is 17.8. The average molecular weight is 1240 g/mol. The number of hydrogen-bond donors (Lipinski definition) is 17. The van der Waals surface area contributed by atoms with E-state index in [0.29, 0.717) is 19.2 Å². The van der Waals surface area contributed by atoms with Gasteiger partial charge in [-0.25, -0.2) is 4.18 Å². The first-order valence-electron chi connectivity index (χ1n) is 15.5. The minimum atomic E-state index is -5.19. The molecule has 52 heavy (non-hydrogen) atoms. The molecule has 0 radical (unpaired) electrons. The fourth-order valence-electron chi connectivity index (χ4n) is 5.74. The molecule has 0 saturated heterocycles. The first kappa shape index (κ1) is 56.0. The number of halogens is 4. The molecular weight excluding hydrogens is 1180 g/mol. The van der Waals surface area contributed by atoms with Gasteiger partial charge in [0.2, 0.25) is 0 Å². The van der Waals surface area contributed by atoms with E-state index in [1.807, 2.05) is 0 Å². The van der Waals surface area contributed by atoms with Crippen LogP contribution in [0.3, 0.4) is 0 Å². The van der Waals surface area contributed by atoms with E-state index < -0.39 is 134 Å². The third-order valence-electron chi connectivity index (χ3n) is 8.73. The van der Waals surface area contributed by atoms with Crippen molar-refractivity contribution in [2.45, 2.75) is 124 Å². The smallest absolute Gasteiger partial charge is 0.394 e. The molecule has 0 aromatic carbocycles. The van der Waals surface area contributed by atoms with Crippen LogP contribution in [0, 0.1) is 23.7 Å². The fourth-order valence-corrected chi connectivity index (χ4v) is 6.26. The molecule has 0 amide bonds. The Hall–Kier alpha value is 1.89. The Morgan fingerprint density at radius 3 is 1.38 bits per heavy atom. The van der Waals surface area contributed by atoms with Crippen molar-refractivity contribution in [3.8, 4) is 0 Å². The van der Waals surface area contributed by atoms with E-state index in [2.05, 4.69) is 41.4 Å². The van der Waals surface area contributed by atoms with E-state index in [9.17, 15) is 85.0 Å². The summed E-state index contributed by atoms with van der Waals surface area (Å²) in [5.41, 5.74) is 0. The molecule has 16 atom stereocenters. The Bertz CT molecular complexity index is 1040.